The van der Waals surface area contributed by atoms with Crippen molar-refractivity contribution >= 4 is 20.9 Å². The zero-order valence-electron chi connectivity index (χ0n) is 8.56. The summed E-state index contributed by atoms with van der Waals surface area (Å²) in [5.74, 6) is 0. The van der Waals surface area contributed by atoms with Gasteiger partial charge in [0.2, 0.25) is 10.0 Å². The fourth-order valence-corrected chi connectivity index (χ4v) is 2.56. The maximum atomic E-state index is 11.7. The van der Waals surface area contributed by atoms with Crippen molar-refractivity contribution in [1.82, 2.24) is 9.29 Å². The fraction of sp³-hybridized carbons (Fsp3) is 0.200. The van der Waals surface area contributed by atoms with Gasteiger partial charge in [-0.05, 0) is 25.2 Å². The van der Waals surface area contributed by atoms with E-state index in [2.05, 4.69) is 4.72 Å². The highest BCUT2D eigenvalue weighted by molar-refractivity contribution is 7.89. The molecule has 0 fully saturated rings. The first-order valence-electron chi connectivity index (χ1n) is 4.54. The van der Waals surface area contributed by atoms with Gasteiger partial charge in [0.15, 0.2) is 0 Å². The van der Waals surface area contributed by atoms with Crippen molar-refractivity contribution in [2.45, 2.75) is 4.90 Å². The molecule has 0 saturated carbocycles. The van der Waals surface area contributed by atoms with Crippen molar-refractivity contribution < 1.29 is 8.42 Å². The van der Waals surface area contributed by atoms with E-state index >= 15 is 0 Å². The van der Waals surface area contributed by atoms with Crippen molar-refractivity contribution in [3.05, 3.63) is 30.5 Å². The average molecular weight is 224 g/mol. The third kappa shape index (κ3) is 1.53. The van der Waals surface area contributed by atoms with Crippen molar-refractivity contribution in [3.8, 4) is 0 Å². The summed E-state index contributed by atoms with van der Waals surface area (Å²) < 4.78 is 27.6. The Morgan fingerprint density at radius 3 is 2.67 bits per heavy atom. The van der Waals surface area contributed by atoms with Crippen molar-refractivity contribution in [2.24, 2.45) is 7.05 Å². The van der Waals surface area contributed by atoms with Gasteiger partial charge < -0.3 is 4.57 Å². The average Bonchev–Trinajstić information content (AvgIpc) is 2.60. The molecule has 0 radical (unpaired) electrons. The zero-order valence-corrected chi connectivity index (χ0v) is 9.38. The van der Waals surface area contributed by atoms with E-state index in [-0.39, 0.29) is 0 Å². The fourth-order valence-electron chi connectivity index (χ4n) is 1.62. The lowest BCUT2D eigenvalue weighted by molar-refractivity contribution is 0.589. The molecule has 0 amide bonds. The molecule has 0 aliphatic rings. The predicted octanol–water partition coefficient (Wildman–Crippen LogP) is 1.09. The monoisotopic (exact) mass is 224 g/mol. The van der Waals surface area contributed by atoms with Crippen LogP contribution in [0.15, 0.2) is 35.4 Å². The van der Waals surface area contributed by atoms with E-state index < -0.39 is 10.0 Å². The minimum atomic E-state index is -3.37. The highest BCUT2D eigenvalue weighted by atomic mass is 32.2. The molecule has 1 aromatic heterocycles. The van der Waals surface area contributed by atoms with Crippen LogP contribution in [0.3, 0.4) is 0 Å². The zero-order chi connectivity index (χ0) is 11.1. The number of aromatic nitrogens is 1. The minimum absolute atomic E-state index is 0.322. The van der Waals surface area contributed by atoms with Gasteiger partial charge in [-0.15, -0.1) is 0 Å². The molecule has 80 valence electrons. The molecule has 0 aliphatic heterocycles. The number of aryl methyl sites for hydroxylation is 1. The Bertz CT molecular complexity index is 599. The Hall–Kier alpha value is -1.33. The molecule has 0 spiro atoms. The Labute approximate surface area is 88.6 Å². The molecule has 0 saturated heterocycles. The van der Waals surface area contributed by atoms with Crippen molar-refractivity contribution in [2.75, 3.05) is 7.05 Å². The van der Waals surface area contributed by atoms with E-state index in [0.29, 0.717) is 4.90 Å². The molecule has 0 aliphatic carbocycles. The van der Waals surface area contributed by atoms with Gasteiger partial charge in [-0.25, -0.2) is 13.1 Å². The van der Waals surface area contributed by atoms with Gasteiger partial charge >= 0.3 is 0 Å². The van der Waals surface area contributed by atoms with Crippen LogP contribution in [0.1, 0.15) is 0 Å². The smallest absolute Gasteiger partial charge is 0.240 e. The summed E-state index contributed by atoms with van der Waals surface area (Å²) in [5, 5.41) is 0.745. The van der Waals surface area contributed by atoms with E-state index in [9.17, 15) is 8.42 Å². The van der Waals surface area contributed by atoms with Crippen LogP contribution in [0.5, 0.6) is 0 Å². The summed E-state index contributed by atoms with van der Waals surface area (Å²) in [4.78, 5) is 0.322. The topological polar surface area (TPSA) is 51.1 Å². The molecule has 15 heavy (non-hydrogen) atoms. The number of fused-ring (bicyclic) bond motifs is 1. The highest BCUT2D eigenvalue weighted by Crippen LogP contribution is 2.22. The highest BCUT2D eigenvalue weighted by Gasteiger charge is 2.15. The lowest BCUT2D eigenvalue weighted by Gasteiger charge is -2.04. The number of sulfonamides is 1. The van der Waals surface area contributed by atoms with E-state index in [4.69, 9.17) is 0 Å². The number of nitrogens with one attached hydrogen (secondary N) is 1. The number of hydrogen-bond acceptors (Lipinski definition) is 2. The lowest BCUT2D eigenvalue weighted by Crippen LogP contribution is -2.18. The number of hydrogen-bond donors (Lipinski definition) is 1. The van der Waals surface area contributed by atoms with Crippen LogP contribution in [0.2, 0.25) is 0 Å². The van der Waals surface area contributed by atoms with Crippen LogP contribution in [0.25, 0.3) is 10.9 Å². The Morgan fingerprint density at radius 2 is 2.00 bits per heavy atom. The quantitative estimate of drug-likeness (QED) is 0.830. The third-order valence-corrected chi connectivity index (χ3v) is 3.92. The van der Waals surface area contributed by atoms with E-state index in [1.807, 2.05) is 23.9 Å². The molecule has 2 rings (SSSR count). The van der Waals surface area contributed by atoms with Gasteiger partial charge in [-0.2, -0.15) is 0 Å². The van der Waals surface area contributed by atoms with Gasteiger partial charge in [0.1, 0.15) is 0 Å². The minimum Gasteiger partial charge on any atom is -0.351 e. The Balaban J connectivity index is 2.83. The molecule has 0 bridgehead atoms. The molecular formula is C10H12N2O2S. The second kappa shape index (κ2) is 3.36. The summed E-state index contributed by atoms with van der Waals surface area (Å²) >= 11 is 0. The lowest BCUT2D eigenvalue weighted by atomic mass is 10.2. The first-order chi connectivity index (χ1) is 7.06. The second-order valence-electron chi connectivity index (χ2n) is 3.32. The molecule has 1 aromatic carbocycles. The summed E-state index contributed by atoms with van der Waals surface area (Å²) in [5.41, 5.74) is 0.909. The molecule has 4 nitrogen and oxygen atoms in total. The van der Waals surface area contributed by atoms with Gasteiger partial charge in [-0.1, -0.05) is 6.07 Å². The summed E-state index contributed by atoms with van der Waals surface area (Å²) in [7, 11) is -0.0740. The summed E-state index contributed by atoms with van der Waals surface area (Å²) in [6.07, 6.45) is 1.85. The van der Waals surface area contributed by atoms with Gasteiger partial charge in [-0.3, -0.25) is 0 Å². The Kier molecular flexibility index (Phi) is 2.28. The van der Waals surface area contributed by atoms with Gasteiger partial charge in [0, 0.05) is 24.1 Å². The van der Waals surface area contributed by atoms with Crippen molar-refractivity contribution in [3.63, 3.8) is 0 Å². The summed E-state index contributed by atoms with van der Waals surface area (Å²) in [6, 6.07) is 7.05. The first kappa shape index (κ1) is 10.2. The Morgan fingerprint density at radius 1 is 1.27 bits per heavy atom. The second-order valence-corrected chi connectivity index (χ2v) is 5.18. The standard InChI is InChI=1S/C10H12N2O2S/c1-11-15(13,14)10-5-3-4-9-8(10)6-7-12(9)2/h3-7,11H,1-2H3. The molecule has 0 unspecified atom stereocenters. The number of benzene rings is 1. The van der Waals surface area contributed by atoms with E-state index in [1.54, 1.807) is 18.2 Å². The van der Waals surface area contributed by atoms with Crippen LogP contribution in [0.4, 0.5) is 0 Å². The van der Waals surface area contributed by atoms with Crippen LogP contribution in [0, 0.1) is 0 Å². The third-order valence-electron chi connectivity index (χ3n) is 2.45. The van der Waals surface area contributed by atoms with Crippen LogP contribution >= 0.6 is 0 Å². The maximum absolute atomic E-state index is 11.7. The molecule has 2 aromatic rings. The number of nitrogens with zero attached hydrogens (tertiary/aromatic N) is 1. The molecule has 5 heteroatoms. The predicted molar refractivity (Wildman–Crippen MR) is 59.2 cm³/mol. The number of rotatable bonds is 2. The molecule has 1 heterocycles. The normalized spacial score (nSPS) is 12.1. The molecular weight excluding hydrogens is 212 g/mol. The van der Waals surface area contributed by atoms with Crippen LogP contribution in [-0.2, 0) is 17.1 Å². The van der Waals surface area contributed by atoms with Crippen molar-refractivity contribution in [1.29, 1.82) is 0 Å². The van der Waals surface area contributed by atoms with Gasteiger partial charge in [0.05, 0.1) is 4.90 Å². The maximum Gasteiger partial charge on any atom is 0.240 e. The molecule has 1 N–H and O–H groups in total. The largest absolute Gasteiger partial charge is 0.351 e. The SMILES string of the molecule is CNS(=O)(=O)c1cccc2c1ccn2C. The van der Waals surface area contributed by atoms with Crippen LogP contribution < -0.4 is 4.72 Å². The molecule has 0 atom stereocenters. The summed E-state index contributed by atoms with van der Waals surface area (Å²) in [6.45, 7) is 0. The van der Waals surface area contributed by atoms with E-state index in [1.165, 1.54) is 7.05 Å². The van der Waals surface area contributed by atoms with Gasteiger partial charge in [0.25, 0.3) is 0 Å². The van der Waals surface area contributed by atoms with E-state index in [0.717, 1.165) is 10.9 Å². The van der Waals surface area contributed by atoms with Crippen LogP contribution in [-0.4, -0.2) is 20.0 Å². The first-order valence-corrected chi connectivity index (χ1v) is 6.02.